The zero-order valence-corrected chi connectivity index (χ0v) is 5.78. The van der Waals surface area contributed by atoms with Gasteiger partial charge in [0, 0.05) is 19.8 Å². The third kappa shape index (κ3) is 1.09. The molecule has 0 unspecified atom stereocenters. The molecule has 0 N–H and O–H groups in total. The molecule has 0 amide bonds. The first-order chi connectivity index (χ1) is 3.80. The minimum atomic E-state index is 1.27. The summed E-state index contributed by atoms with van der Waals surface area (Å²) in [5.41, 5.74) is 1.55. The predicted octanol–water partition coefficient (Wildman–Crippen LogP) is 1.27. The van der Waals surface area contributed by atoms with Gasteiger partial charge in [-0.1, -0.05) is 0 Å². The van der Waals surface area contributed by atoms with Crippen molar-refractivity contribution in [2.24, 2.45) is 0 Å². The molecular formula is C7H14N+. The average molecular weight is 112 g/mol. The second-order valence-corrected chi connectivity index (χ2v) is 2.61. The molecule has 46 valence electrons. The molecule has 0 aromatic carbocycles. The van der Waals surface area contributed by atoms with Crippen LogP contribution in [0.25, 0.3) is 0 Å². The van der Waals surface area contributed by atoms with Gasteiger partial charge in [-0.3, -0.25) is 0 Å². The zero-order chi connectivity index (χ0) is 5.98. The third-order valence-electron chi connectivity index (χ3n) is 1.93. The van der Waals surface area contributed by atoms with Gasteiger partial charge in [0.05, 0.1) is 0 Å². The number of hydrogen-bond donors (Lipinski definition) is 0. The Morgan fingerprint density at radius 1 is 1.38 bits per heavy atom. The van der Waals surface area contributed by atoms with Crippen LogP contribution >= 0.6 is 0 Å². The highest BCUT2D eigenvalue weighted by atomic mass is 15.0. The molecule has 1 heterocycles. The summed E-state index contributed by atoms with van der Waals surface area (Å²) in [6.07, 6.45) is 4.10. The van der Waals surface area contributed by atoms with Crippen molar-refractivity contribution in [3.63, 3.8) is 0 Å². The second-order valence-electron chi connectivity index (χ2n) is 2.61. The van der Waals surface area contributed by atoms with Gasteiger partial charge in [-0.15, -0.1) is 0 Å². The topological polar surface area (TPSA) is 3.01 Å². The van der Waals surface area contributed by atoms with E-state index >= 15 is 0 Å². The fourth-order valence-corrected chi connectivity index (χ4v) is 1.11. The van der Waals surface area contributed by atoms with Gasteiger partial charge in [-0.25, -0.2) is 4.58 Å². The fraction of sp³-hybridized carbons (Fsp3) is 0.857. The van der Waals surface area contributed by atoms with Crippen molar-refractivity contribution in [2.75, 3.05) is 13.6 Å². The van der Waals surface area contributed by atoms with Crippen molar-refractivity contribution in [3.8, 4) is 0 Å². The Labute approximate surface area is 51.0 Å². The third-order valence-corrected chi connectivity index (χ3v) is 1.93. The van der Waals surface area contributed by atoms with Crippen molar-refractivity contribution in [1.29, 1.82) is 0 Å². The minimum Gasteiger partial charge on any atom is -0.240 e. The average Bonchev–Trinajstić information content (AvgIpc) is 1.77. The van der Waals surface area contributed by atoms with Gasteiger partial charge in [0.15, 0.2) is 0 Å². The Balaban J connectivity index is 2.60. The summed E-state index contributed by atoms with van der Waals surface area (Å²) >= 11 is 0. The van der Waals surface area contributed by atoms with E-state index in [1.165, 1.54) is 25.8 Å². The Hall–Kier alpha value is -0.330. The summed E-state index contributed by atoms with van der Waals surface area (Å²) in [5, 5.41) is 0. The standard InChI is InChI=1S/C7H14N/c1-7-5-3-4-6-8(7)2/h3-6H2,1-2H3/q+1. The van der Waals surface area contributed by atoms with E-state index in [2.05, 4.69) is 18.5 Å². The van der Waals surface area contributed by atoms with Crippen LogP contribution in [0.3, 0.4) is 0 Å². The second kappa shape index (κ2) is 2.29. The van der Waals surface area contributed by atoms with Crippen LogP contribution in [-0.2, 0) is 0 Å². The molecule has 0 saturated heterocycles. The molecule has 1 rings (SSSR count). The van der Waals surface area contributed by atoms with Crippen LogP contribution in [0, 0.1) is 0 Å². The first-order valence-corrected chi connectivity index (χ1v) is 3.34. The maximum atomic E-state index is 2.35. The largest absolute Gasteiger partial charge is 0.240 e. The van der Waals surface area contributed by atoms with Crippen LogP contribution < -0.4 is 0 Å². The Bertz CT molecular complexity index is 99.6. The van der Waals surface area contributed by atoms with Crippen molar-refractivity contribution in [3.05, 3.63) is 0 Å². The lowest BCUT2D eigenvalue weighted by molar-refractivity contribution is -0.503. The van der Waals surface area contributed by atoms with Gasteiger partial charge in [0.1, 0.15) is 19.3 Å². The maximum absolute atomic E-state index is 2.35. The summed E-state index contributed by atoms with van der Waals surface area (Å²) in [5.74, 6) is 0. The highest BCUT2D eigenvalue weighted by molar-refractivity contribution is 5.77. The van der Waals surface area contributed by atoms with E-state index < -0.39 is 0 Å². The lowest BCUT2D eigenvalue weighted by Gasteiger charge is -2.07. The van der Waals surface area contributed by atoms with E-state index in [1.54, 1.807) is 5.71 Å². The summed E-state index contributed by atoms with van der Waals surface area (Å²) in [7, 11) is 2.18. The molecule has 0 saturated carbocycles. The Kier molecular flexibility index (Phi) is 1.66. The van der Waals surface area contributed by atoms with Crippen molar-refractivity contribution in [2.45, 2.75) is 26.2 Å². The fourth-order valence-electron chi connectivity index (χ4n) is 1.11. The first-order valence-electron chi connectivity index (χ1n) is 3.34. The molecule has 0 aliphatic carbocycles. The highest BCUT2D eigenvalue weighted by Gasteiger charge is 2.09. The normalized spacial score (nSPS) is 21.8. The van der Waals surface area contributed by atoms with E-state index in [-0.39, 0.29) is 0 Å². The molecular weight excluding hydrogens is 98.1 g/mol. The highest BCUT2D eigenvalue weighted by Crippen LogP contribution is 2.03. The number of rotatable bonds is 0. The molecule has 0 atom stereocenters. The van der Waals surface area contributed by atoms with Gasteiger partial charge in [-0.2, -0.15) is 0 Å². The van der Waals surface area contributed by atoms with Gasteiger partial charge < -0.3 is 0 Å². The maximum Gasteiger partial charge on any atom is 0.148 e. The molecule has 1 aliphatic heterocycles. The minimum absolute atomic E-state index is 1.27. The van der Waals surface area contributed by atoms with E-state index in [0.717, 1.165) is 0 Å². The van der Waals surface area contributed by atoms with Gasteiger partial charge in [-0.05, 0) is 6.42 Å². The van der Waals surface area contributed by atoms with Crippen LogP contribution in [0.2, 0.25) is 0 Å². The molecule has 0 radical (unpaired) electrons. The molecule has 1 aliphatic rings. The molecule has 0 aromatic heterocycles. The van der Waals surface area contributed by atoms with Crippen LogP contribution in [0.15, 0.2) is 0 Å². The Morgan fingerprint density at radius 3 is 2.50 bits per heavy atom. The molecule has 1 nitrogen and oxygen atoms in total. The van der Waals surface area contributed by atoms with E-state index in [4.69, 9.17) is 0 Å². The summed E-state index contributed by atoms with van der Waals surface area (Å²) in [6, 6.07) is 0. The van der Waals surface area contributed by atoms with E-state index in [0.29, 0.717) is 0 Å². The van der Waals surface area contributed by atoms with Crippen molar-refractivity contribution >= 4 is 5.71 Å². The smallest absolute Gasteiger partial charge is 0.148 e. The zero-order valence-electron chi connectivity index (χ0n) is 5.78. The lowest BCUT2D eigenvalue weighted by Crippen LogP contribution is -2.20. The monoisotopic (exact) mass is 112 g/mol. The van der Waals surface area contributed by atoms with E-state index in [1.807, 2.05) is 0 Å². The van der Waals surface area contributed by atoms with Gasteiger partial charge >= 0.3 is 0 Å². The van der Waals surface area contributed by atoms with Crippen LogP contribution in [0.1, 0.15) is 26.2 Å². The quantitative estimate of drug-likeness (QED) is 0.415. The van der Waals surface area contributed by atoms with Crippen LogP contribution in [0.5, 0.6) is 0 Å². The molecule has 0 aromatic rings. The van der Waals surface area contributed by atoms with E-state index in [9.17, 15) is 0 Å². The number of nitrogens with zero attached hydrogens (tertiary/aromatic N) is 1. The molecule has 0 fully saturated rings. The Morgan fingerprint density at radius 2 is 2.12 bits per heavy atom. The molecule has 8 heavy (non-hydrogen) atoms. The van der Waals surface area contributed by atoms with Crippen LogP contribution in [0.4, 0.5) is 0 Å². The first kappa shape index (κ1) is 5.80. The SMILES string of the molecule is CC1=[N+](C)CCCC1. The predicted molar refractivity (Wildman–Crippen MR) is 35.6 cm³/mol. The summed E-state index contributed by atoms with van der Waals surface area (Å²) in [6.45, 7) is 3.49. The molecule has 0 bridgehead atoms. The molecule has 1 heteroatoms. The van der Waals surface area contributed by atoms with Gasteiger partial charge in [0.25, 0.3) is 0 Å². The molecule has 0 spiro atoms. The van der Waals surface area contributed by atoms with Crippen LogP contribution in [-0.4, -0.2) is 23.9 Å². The lowest BCUT2D eigenvalue weighted by atomic mass is 10.1. The van der Waals surface area contributed by atoms with Crippen molar-refractivity contribution < 1.29 is 4.58 Å². The summed E-state index contributed by atoms with van der Waals surface area (Å²) < 4.78 is 2.35. The summed E-state index contributed by atoms with van der Waals surface area (Å²) in [4.78, 5) is 0. The van der Waals surface area contributed by atoms with Crippen molar-refractivity contribution in [1.82, 2.24) is 0 Å². The number of hydrogen-bond acceptors (Lipinski definition) is 0. The van der Waals surface area contributed by atoms with Gasteiger partial charge in [0.2, 0.25) is 0 Å².